The van der Waals surface area contributed by atoms with Gasteiger partial charge in [-0.1, -0.05) is 0 Å². The first-order valence-electron chi connectivity index (χ1n) is 5.86. The molecule has 1 N–H and O–H groups in total. The number of methoxy groups -OCH3 is 2. The molecule has 0 saturated heterocycles. The lowest BCUT2D eigenvalue weighted by Crippen LogP contribution is -2.22. The number of ether oxygens (including phenoxy) is 2. The van der Waals surface area contributed by atoms with E-state index in [1.54, 1.807) is 20.3 Å². The highest BCUT2D eigenvalue weighted by atomic mass is 19.3. The molecule has 1 aromatic carbocycles. The van der Waals surface area contributed by atoms with Gasteiger partial charge in [-0.2, -0.15) is 0 Å². The van der Waals surface area contributed by atoms with Crippen molar-refractivity contribution in [3.05, 3.63) is 23.8 Å². The van der Waals surface area contributed by atoms with Crippen LogP contribution in [0.1, 0.15) is 12.0 Å². The molecular formula is C13H19F2NO2. The molecule has 0 unspecified atom stereocenters. The summed E-state index contributed by atoms with van der Waals surface area (Å²) < 4.78 is 34.1. The molecule has 0 radical (unpaired) electrons. The monoisotopic (exact) mass is 259 g/mol. The van der Waals surface area contributed by atoms with Crippen molar-refractivity contribution in [3.8, 4) is 11.5 Å². The molecule has 0 saturated carbocycles. The first-order valence-corrected chi connectivity index (χ1v) is 5.86. The largest absolute Gasteiger partial charge is 0.497 e. The van der Waals surface area contributed by atoms with E-state index in [0.717, 1.165) is 29.9 Å². The Bertz CT molecular complexity index is 337. The van der Waals surface area contributed by atoms with E-state index in [4.69, 9.17) is 9.47 Å². The maximum absolute atomic E-state index is 11.9. The molecule has 0 bridgehead atoms. The Labute approximate surface area is 106 Å². The SMILES string of the molecule is COc1cc(CCCNCC(F)F)cc(OC)c1. The Balaban J connectivity index is 2.41. The van der Waals surface area contributed by atoms with Crippen molar-refractivity contribution in [3.63, 3.8) is 0 Å². The summed E-state index contributed by atoms with van der Waals surface area (Å²) in [6.07, 6.45) is -0.700. The maximum Gasteiger partial charge on any atom is 0.250 e. The molecule has 0 atom stereocenters. The summed E-state index contributed by atoms with van der Waals surface area (Å²) in [6.45, 7) is 0.325. The normalized spacial score (nSPS) is 10.7. The first kappa shape index (κ1) is 14.7. The predicted octanol–water partition coefficient (Wildman–Crippen LogP) is 2.49. The van der Waals surface area contributed by atoms with Crippen LogP contribution < -0.4 is 14.8 Å². The highest BCUT2D eigenvalue weighted by molar-refractivity contribution is 5.38. The van der Waals surface area contributed by atoms with Crippen molar-refractivity contribution in [2.75, 3.05) is 27.3 Å². The van der Waals surface area contributed by atoms with Crippen molar-refractivity contribution in [2.24, 2.45) is 0 Å². The zero-order valence-electron chi connectivity index (χ0n) is 10.7. The third-order valence-electron chi connectivity index (χ3n) is 2.53. The van der Waals surface area contributed by atoms with E-state index in [9.17, 15) is 8.78 Å². The van der Waals surface area contributed by atoms with Crippen molar-refractivity contribution in [1.29, 1.82) is 0 Å². The summed E-state index contributed by atoms with van der Waals surface area (Å²) in [7, 11) is 3.20. The summed E-state index contributed by atoms with van der Waals surface area (Å²) in [5, 5.41) is 2.70. The third-order valence-corrected chi connectivity index (χ3v) is 2.53. The smallest absolute Gasteiger partial charge is 0.250 e. The topological polar surface area (TPSA) is 30.5 Å². The summed E-state index contributed by atoms with van der Waals surface area (Å²) in [6, 6.07) is 5.66. The Morgan fingerprint density at radius 3 is 2.22 bits per heavy atom. The molecule has 1 aromatic rings. The van der Waals surface area contributed by atoms with E-state index >= 15 is 0 Å². The molecule has 3 nitrogen and oxygen atoms in total. The molecule has 0 aromatic heterocycles. The van der Waals surface area contributed by atoms with Crippen LogP contribution in [0.25, 0.3) is 0 Å². The van der Waals surface area contributed by atoms with E-state index in [0.29, 0.717) is 6.54 Å². The van der Waals surface area contributed by atoms with E-state index in [1.807, 2.05) is 12.1 Å². The molecular weight excluding hydrogens is 240 g/mol. The van der Waals surface area contributed by atoms with Crippen LogP contribution in [0.3, 0.4) is 0 Å². The number of aryl methyl sites for hydroxylation is 1. The van der Waals surface area contributed by atoms with Gasteiger partial charge in [0.05, 0.1) is 20.8 Å². The van der Waals surface area contributed by atoms with Crippen molar-refractivity contribution in [1.82, 2.24) is 5.32 Å². The van der Waals surface area contributed by atoms with Gasteiger partial charge in [-0.25, -0.2) is 8.78 Å². The molecule has 1 rings (SSSR count). The van der Waals surface area contributed by atoms with Gasteiger partial charge in [0.2, 0.25) is 0 Å². The molecule has 102 valence electrons. The minimum Gasteiger partial charge on any atom is -0.497 e. The fourth-order valence-corrected chi connectivity index (χ4v) is 1.64. The second-order valence-corrected chi connectivity index (χ2v) is 3.92. The van der Waals surface area contributed by atoms with Crippen LogP contribution in [0, 0.1) is 0 Å². The van der Waals surface area contributed by atoms with Gasteiger partial charge >= 0.3 is 0 Å². The lowest BCUT2D eigenvalue weighted by Gasteiger charge is -2.09. The minimum absolute atomic E-state index is 0.249. The summed E-state index contributed by atoms with van der Waals surface area (Å²) >= 11 is 0. The quantitative estimate of drug-likeness (QED) is 0.728. The minimum atomic E-state index is -2.29. The number of hydrogen-bond donors (Lipinski definition) is 1. The van der Waals surface area contributed by atoms with Crippen molar-refractivity contribution < 1.29 is 18.3 Å². The molecule has 18 heavy (non-hydrogen) atoms. The first-order chi connectivity index (χ1) is 8.65. The fraction of sp³-hybridized carbons (Fsp3) is 0.538. The number of benzene rings is 1. The molecule has 0 aliphatic rings. The lowest BCUT2D eigenvalue weighted by molar-refractivity contribution is 0.146. The number of hydrogen-bond acceptors (Lipinski definition) is 3. The molecule has 5 heteroatoms. The zero-order valence-corrected chi connectivity index (χ0v) is 10.7. The van der Waals surface area contributed by atoms with Crippen LogP contribution in [0.4, 0.5) is 8.78 Å². The Morgan fingerprint density at radius 2 is 1.72 bits per heavy atom. The van der Waals surface area contributed by atoms with E-state index in [2.05, 4.69) is 5.32 Å². The number of nitrogens with one attached hydrogen (secondary N) is 1. The average molecular weight is 259 g/mol. The summed E-state index contributed by atoms with van der Waals surface area (Å²) in [5.41, 5.74) is 1.07. The van der Waals surface area contributed by atoms with Crippen LogP contribution in [-0.2, 0) is 6.42 Å². The van der Waals surface area contributed by atoms with Gasteiger partial charge in [-0.3, -0.25) is 0 Å². The summed E-state index contributed by atoms with van der Waals surface area (Å²) in [5.74, 6) is 1.48. The number of rotatable bonds is 8. The molecule has 0 heterocycles. The van der Waals surface area contributed by atoms with Crippen LogP contribution >= 0.6 is 0 Å². The predicted molar refractivity (Wildman–Crippen MR) is 66.7 cm³/mol. The van der Waals surface area contributed by atoms with Gasteiger partial charge in [0.1, 0.15) is 11.5 Å². The highest BCUT2D eigenvalue weighted by Crippen LogP contribution is 2.23. The maximum atomic E-state index is 11.9. The van der Waals surface area contributed by atoms with Crippen molar-refractivity contribution >= 4 is 0 Å². The van der Waals surface area contributed by atoms with Crippen LogP contribution in [0.5, 0.6) is 11.5 Å². The van der Waals surface area contributed by atoms with Gasteiger partial charge in [0, 0.05) is 6.07 Å². The fourth-order valence-electron chi connectivity index (χ4n) is 1.64. The van der Waals surface area contributed by atoms with Gasteiger partial charge < -0.3 is 14.8 Å². The third kappa shape index (κ3) is 5.31. The zero-order chi connectivity index (χ0) is 13.4. The highest BCUT2D eigenvalue weighted by Gasteiger charge is 2.03. The second kappa shape index (κ2) is 7.87. The van der Waals surface area contributed by atoms with Gasteiger partial charge in [0.15, 0.2) is 0 Å². The molecule has 0 amide bonds. The Hall–Kier alpha value is -1.36. The number of alkyl halides is 2. The van der Waals surface area contributed by atoms with Gasteiger partial charge in [0.25, 0.3) is 6.43 Å². The Kier molecular flexibility index (Phi) is 6.43. The van der Waals surface area contributed by atoms with Crippen LogP contribution in [-0.4, -0.2) is 33.7 Å². The summed E-state index contributed by atoms with van der Waals surface area (Å²) in [4.78, 5) is 0. The average Bonchev–Trinajstić information content (AvgIpc) is 2.37. The van der Waals surface area contributed by atoms with Crippen molar-refractivity contribution in [2.45, 2.75) is 19.3 Å². The second-order valence-electron chi connectivity index (χ2n) is 3.92. The standard InChI is InChI=1S/C13H19F2NO2/c1-17-11-6-10(7-12(8-11)18-2)4-3-5-16-9-13(14)15/h6-8,13,16H,3-5,9H2,1-2H3. The lowest BCUT2D eigenvalue weighted by atomic mass is 10.1. The molecule has 0 aliphatic carbocycles. The molecule has 0 aliphatic heterocycles. The van der Waals surface area contributed by atoms with Crippen LogP contribution in [0.15, 0.2) is 18.2 Å². The molecule has 0 spiro atoms. The van der Waals surface area contributed by atoms with E-state index < -0.39 is 6.43 Å². The molecule has 0 fully saturated rings. The Morgan fingerprint density at radius 1 is 1.11 bits per heavy atom. The number of halogens is 2. The van der Waals surface area contributed by atoms with Gasteiger partial charge in [-0.15, -0.1) is 0 Å². The van der Waals surface area contributed by atoms with Gasteiger partial charge in [-0.05, 0) is 37.1 Å². The van der Waals surface area contributed by atoms with E-state index in [-0.39, 0.29) is 6.54 Å². The van der Waals surface area contributed by atoms with E-state index in [1.165, 1.54) is 0 Å². The van der Waals surface area contributed by atoms with Crippen LogP contribution in [0.2, 0.25) is 0 Å².